The zero-order valence-electron chi connectivity index (χ0n) is 15.7. The van der Waals surface area contributed by atoms with Crippen molar-refractivity contribution in [1.82, 2.24) is 20.0 Å². The Labute approximate surface area is 161 Å². The molecule has 1 fully saturated rings. The summed E-state index contributed by atoms with van der Waals surface area (Å²) in [7, 11) is 0. The Bertz CT molecular complexity index is 829. The van der Waals surface area contributed by atoms with Crippen molar-refractivity contribution < 1.29 is 4.79 Å². The van der Waals surface area contributed by atoms with Gasteiger partial charge in [-0.3, -0.25) is 4.79 Å². The molecule has 1 aromatic heterocycles. The van der Waals surface area contributed by atoms with Crippen LogP contribution in [0.1, 0.15) is 46.2 Å². The lowest BCUT2D eigenvalue weighted by atomic mass is 10.1. The first-order chi connectivity index (χ1) is 12.1. The Morgan fingerprint density at radius 3 is 2.81 bits per heavy atom. The second-order valence-corrected chi connectivity index (χ2v) is 7.38. The van der Waals surface area contributed by atoms with Crippen molar-refractivity contribution in [2.75, 3.05) is 19.6 Å². The number of halogens is 1. The molecular formula is C20H27ClN4O. The Hall–Kier alpha value is -1.85. The first-order valence-corrected chi connectivity index (χ1v) is 9.26. The number of hydrogen-bond acceptors (Lipinski definition) is 3. The number of nitrogens with one attached hydrogen (secondary N) is 1. The molecule has 1 aliphatic carbocycles. The van der Waals surface area contributed by atoms with Crippen molar-refractivity contribution >= 4 is 18.3 Å². The zero-order chi connectivity index (χ0) is 17.6. The highest BCUT2D eigenvalue weighted by Gasteiger charge is 2.32. The number of hydrogen-bond donors (Lipinski definition) is 1. The lowest BCUT2D eigenvalue weighted by molar-refractivity contribution is 0.0648. The quantitative estimate of drug-likeness (QED) is 0.879. The van der Waals surface area contributed by atoms with Crippen LogP contribution in [-0.2, 0) is 12.8 Å². The van der Waals surface area contributed by atoms with Crippen LogP contribution in [-0.4, -0.2) is 46.3 Å². The van der Waals surface area contributed by atoms with E-state index in [4.69, 9.17) is 5.10 Å². The van der Waals surface area contributed by atoms with Crippen molar-refractivity contribution in [3.8, 4) is 5.69 Å². The van der Waals surface area contributed by atoms with Gasteiger partial charge >= 0.3 is 0 Å². The summed E-state index contributed by atoms with van der Waals surface area (Å²) >= 11 is 0. The van der Waals surface area contributed by atoms with Gasteiger partial charge in [-0.15, -0.1) is 12.4 Å². The fourth-order valence-electron chi connectivity index (χ4n) is 4.13. The molecule has 1 N–H and O–H groups in total. The average Bonchev–Trinajstić information content (AvgIpc) is 3.18. The summed E-state index contributed by atoms with van der Waals surface area (Å²) in [6.07, 6.45) is 3.07. The zero-order valence-corrected chi connectivity index (χ0v) is 16.5. The molecule has 0 spiro atoms. The third-order valence-corrected chi connectivity index (χ3v) is 5.48. The maximum atomic E-state index is 13.2. The predicted octanol–water partition coefficient (Wildman–Crippen LogP) is 2.83. The number of carbonyl (C=O) groups is 1. The van der Waals surface area contributed by atoms with Gasteiger partial charge in [0.25, 0.3) is 5.91 Å². The third-order valence-electron chi connectivity index (χ3n) is 5.48. The van der Waals surface area contributed by atoms with Crippen LogP contribution in [0.4, 0.5) is 0 Å². The molecule has 140 valence electrons. The molecular weight excluding hydrogens is 348 g/mol. The van der Waals surface area contributed by atoms with Gasteiger partial charge in [0, 0.05) is 36.9 Å². The molecule has 0 saturated carbocycles. The van der Waals surface area contributed by atoms with E-state index in [1.54, 1.807) is 0 Å². The topological polar surface area (TPSA) is 50.2 Å². The minimum atomic E-state index is 0. The summed E-state index contributed by atoms with van der Waals surface area (Å²) in [4.78, 5) is 15.2. The molecule has 1 atom stereocenters. The minimum Gasteiger partial charge on any atom is -0.332 e. The van der Waals surface area contributed by atoms with Crippen LogP contribution in [0.5, 0.6) is 0 Å². The number of carbonyl (C=O) groups excluding carboxylic acids is 1. The lowest BCUT2D eigenvalue weighted by Crippen LogP contribution is -2.52. The van der Waals surface area contributed by atoms with Crippen LogP contribution in [0.2, 0.25) is 0 Å². The highest BCUT2D eigenvalue weighted by molar-refractivity contribution is 5.94. The molecule has 2 heterocycles. The van der Waals surface area contributed by atoms with Gasteiger partial charge in [-0.25, -0.2) is 4.68 Å². The highest BCUT2D eigenvalue weighted by Crippen LogP contribution is 2.30. The van der Waals surface area contributed by atoms with Crippen LogP contribution >= 0.6 is 12.4 Å². The van der Waals surface area contributed by atoms with Crippen molar-refractivity contribution in [3.63, 3.8) is 0 Å². The lowest BCUT2D eigenvalue weighted by Gasteiger charge is -2.33. The first kappa shape index (κ1) is 18.9. The monoisotopic (exact) mass is 374 g/mol. The van der Waals surface area contributed by atoms with Gasteiger partial charge in [-0.05, 0) is 51.7 Å². The van der Waals surface area contributed by atoms with Gasteiger partial charge in [0.2, 0.25) is 0 Å². The van der Waals surface area contributed by atoms with E-state index < -0.39 is 0 Å². The van der Waals surface area contributed by atoms with E-state index in [1.165, 1.54) is 16.8 Å². The van der Waals surface area contributed by atoms with Crippen LogP contribution in [0.25, 0.3) is 5.69 Å². The Balaban J connectivity index is 0.00000196. The van der Waals surface area contributed by atoms with E-state index >= 15 is 0 Å². The number of nitrogens with zero attached hydrogens (tertiary/aromatic N) is 3. The summed E-state index contributed by atoms with van der Waals surface area (Å²) < 4.78 is 2.03. The summed E-state index contributed by atoms with van der Waals surface area (Å²) in [5.41, 5.74) is 6.59. The van der Waals surface area contributed by atoms with E-state index in [-0.39, 0.29) is 24.4 Å². The second kappa shape index (κ2) is 7.41. The molecule has 26 heavy (non-hydrogen) atoms. The van der Waals surface area contributed by atoms with Gasteiger partial charge in [0.1, 0.15) is 0 Å². The summed E-state index contributed by atoms with van der Waals surface area (Å²) in [6.45, 7) is 8.79. The van der Waals surface area contributed by atoms with E-state index in [0.29, 0.717) is 5.69 Å². The fraction of sp³-hybridized carbons (Fsp3) is 0.500. The van der Waals surface area contributed by atoms with Gasteiger partial charge in [0.05, 0.1) is 5.69 Å². The van der Waals surface area contributed by atoms with Crippen LogP contribution in [0, 0.1) is 13.8 Å². The molecule has 2 aromatic rings. The van der Waals surface area contributed by atoms with E-state index in [1.807, 2.05) is 9.58 Å². The molecule has 0 unspecified atom stereocenters. The standard InChI is InChI=1S/C20H26N4O.ClH/c1-13-7-8-17(14(2)11-13)24-18-6-4-5-16(18)19(22-24)20(25)23-10-9-21-12-15(23)3;/h7-8,11,15,21H,4-6,9-10,12H2,1-3H3;1H/t15-;/m0./s1. The Morgan fingerprint density at radius 2 is 2.08 bits per heavy atom. The van der Waals surface area contributed by atoms with E-state index in [9.17, 15) is 4.79 Å². The largest absolute Gasteiger partial charge is 0.332 e. The maximum Gasteiger partial charge on any atom is 0.274 e. The molecule has 4 rings (SSSR count). The minimum absolute atomic E-state index is 0. The smallest absolute Gasteiger partial charge is 0.274 e. The van der Waals surface area contributed by atoms with E-state index in [2.05, 4.69) is 44.3 Å². The maximum absolute atomic E-state index is 13.2. The van der Waals surface area contributed by atoms with Crippen LogP contribution in [0.15, 0.2) is 18.2 Å². The molecule has 1 aromatic carbocycles. The molecule has 1 saturated heterocycles. The molecule has 1 amide bonds. The van der Waals surface area contributed by atoms with E-state index in [0.717, 1.165) is 50.1 Å². The molecule has 0 radical (unpaired) electrons. The molecule has 1 aliphatic heterocycles. The number of fused-ring (bicyclic) bond motifs is 1. The third kappa shape index (κ3) is 3.14. The van der Waals surface area contributed by atoms with Gasteiger partial charge in [-0.1, -0.05) is 17.7 Å². The number of aryl methyl sites for hydroxylation is 2. The Morgan fingerprint density at radius 1 is 1.27 bits per heavy atom. The molecule has 2 aliphatic rings. The second-order valence-electron chi connectivity index (χ2n) is 7.38. The normalized spacial score (nSPS) is 19.2. The summed E-state index contributed by atoms with van der Waals surface area (Å²) in [5, 5.41) is 8.15. The van der Waals surface area contributed by atoms with Crippen molar-refractivity contribution in [1.29, 1.82) is 0 Å². The number of aromatic nitrogens is 2. The van der Waals surface area contributed by atoms with Gasteiger partial charge in [-0.2, -0.15) is 5.10 Å². The Kier molecular flexibility index (Phi) is 5.39. The first-order valence-electron chi connectivity index (χ1n) is 9.26. The van der Waals surface area contributed by atoms with Crippen molar-refractivity contribution in [2.45, 2.75) is 46.1 Å². The SMILES string of the molecule is Cc1ccc(-n2nc(C(=O)N3CCNC[C@@H]3C)c3c2CCC3)c(C)c1.Cl. The van der Waals surface area contributed by atoms with Crippen LogP contribution < -0.4 is 5.32 Å². The molecule has 0 bridgehead atoms. The summed E-state index contributed by atoms with van der Waals surface area (Å²) in [5.74, 6) is 0.0932. The number of piperazine rings is 1. The summed E-state index contributed by atoms with van der Waals surface area (Å²) in [6, 6.07) is 6.63. The fourth-order valence-corrected chi connectivity index (χ4v) is 4.13. The van der Waals surface area contributed by atoms with Gasteiger partial charge in [0.15, 0.2) is 5.69 Å². The molecule has 6 heteroatoms. The van der Waals surface area contributed by atoms with Crippen molar-refractivity contribution in [2.24, 2.45) is 0 Å². The number of rotatable bonds is 2. The highest BCUT2D eigenvalue weighted by atomic mass is 35.5. The predicted molar refractivity (Wildman–Crippen MR) is 106 cm³/mol. The average molecular weight is 375 g/mol. The molecule has 5 nitrogen and oxygen atoms in total. The van der Waals surface area contributed by atoms with Crippen molar-refractivity contribution in [3.05, 3.63) is 46.3 Å². The van der Waals surface area contributed by atoms with Crippen LogP contribution in [0.3, 0.4) is 0 Å². The number of benzene rings is 1. The van der Waals surface area contributed by atoms with Gasteiger partial charge < -0.3 is 10.2 Å². The number of amides is 1.